The highest BCUT2D eigenvalue weighted by Crippen LogP contribution is 2.54. The number of hydrogen-bond donors (Lipinski definition) is 4. The minimum atomic E-state index is -1.85. The second-order valence-electron chi connectivity index (χ2n) is 14.9. The van der Waals surface area contributed by atoms with Crippen molar-refractivity contribution in [3.05, 3.63) is 75.1 Å². The molecule has 3 aliphatic heterocycles. The van der Waals surface area contributed by atoms with Gasteiger partial charge in [0.15, 0.2) is 6.04 Å². The summed E-state index contributed by atoms with van der Waals surface area (Å²) in [4.78, 5) is 58.2. The molecule has 5 bridgehead atoms. The van der Waals surface area contributed by atoms with Crippen molar-refractivity contribution in [2.75, 3.05) is 34.2 Å². The number of nitrogens with zero attached hydrogens (tertiary/aromatic N) is 2. The van der Waals surface area contributed by atoms with E-state index < -0.39 is 83.3 Å². The number of phenols is 1. The lowest BCUT2D eigenvalue weighted by molar-refractivity contribution is -0.160. The molecule has 4 N–H and O–H groups in total. The number of carbonyl (C=O) groups excluding carboxylic acids is 3. The zero-order chi connectivity index (χ0) is 43.1. The van der Waals surface area contributed by atoms with Crippen LogP contribution >= 0.6 is 0 Å². The molecular formula is C41H55N3O14. The fourth-order valence-electron chi connectivity index (χ4n) is 7.34. The number of oxime groups is 1. The van der Waals surface area contributed by atoms with Crippen molar-refractivity contribution in [1.82, 2.24) is 5.32 Å². The van der Waals surface area contributed by atoms with E-state index in [0.717, 1.165) is 0 Å². The van der Waals surface area contributed by atoms with Gasteiger partial charge in [-0.2, -0.15) is 0 Å². The van der Waals surface area contributed by atoms with E-state index in [4.69, 9.17) is 33.3 Å². The normalized spacial score (nSPS) is 31.2. The summed E-state index contributed by atoms with van der Waals surface area (Å²) < 4.78 is 34.2. The Morgan fingerprint density at radius 1 is 1.00 bits per heavy atom. The van der Waals surface area contributed by atoms with E-state index >= 15 is 0 Å². The number of carbonyl (C=O) groups is 3. The van der Waals surface area contributed by atoms with E-state index in [1.54, 1.807) is 39.8 Å². The number of nitroso groups, excluding NO2 is 1. The molecule has 5 rings (SSSR count). The van der Waals surface area contributed by atoms with Gasteiger partial charge in [-0.3, -0.25) is 14.4 Å². The molecule has 3 heterocycles. The zero-order valence-electron chi connectivity index (χ0n) is 34.5. The third-order valence-corrected chi connectivity index (χ3v) is 10.8. The van der Waals surface area contributed by atoms with Gasteiger partial charge < -0.3 is 53.9 Å². The summed E-state index contributed by atoms with van der Waals surface area (Å²) in [7, 11) is 2.94. The van der Waals surface area contributed by atoms with Crippen LogP contribution in [-0.4, -0.2) is 103 Å². The number of hydrogen-bond acceptors (Lipinski definition) is 16. The van der Waals surface area contributed by atoms with Crippen LogP contribution in [0.25, 0.3) is 0 Å². The van der Waals surface area contributed by atoms with Crippen LogP contribution in [0.4, 0.5) is 0 Å². The van der Waals surface area contributed by atoms with E-state index in [2.05, 4.69) is 15.6 Å². The Morgan fingerprint density at radius 2 is 1.71 bits per heavy atom. The number of aliphatic hydroxyl groups excluding tert-OH is 2. The van der Waals surface area contributed by atoms with Crippen LogP contribution in [0.1, 0.15) is 81.6 Å². The van der Waals surface area contributed by atoms with E-state index in [9.17, 15) is 34.6 Å². The molecule has 17 heteroatoms. The van der Waals surface area contributed by atoms with Crippen molar-refractivity contribution in [2.24, 2.45) is 34.0 Å². The van der Waals surface area contributed by atoms with Gasteiger partial charge in [-0.1, -0.05) is 56.3 Å². The maximum atomic E-state index is 14.2. The molecule has 0 radical (unpaired) electrons. The smallest absolute Gasteiger partial charge is 0.302 e. The molecule has 0 aromatic heterocycles. The number of aliphatic hydroxyl groups is 2. The molecule has 0 saturated heterocycles. The average molecular weight is 814 g/mol. The summed E-state index contributed by atoms with van der Waals surface area (Å²) >= 11 is 0. The lowest BCUT2D eigenvalue weighted by Gasteiger charge is -2.38. The Kier molecular flexibility index (Phi) is 15.5. The zero-order valence-corrected chi connectivity index (χ0v) is 34.5. The third kappa shape index (κ3) is 9.67. The predicted octanol–water partition coefficient (Wildman–Crippen LogP) is 4.41. The van der Waals surface area contributed by atoms with Gasteiger partial charge in [0.2, 0.25) is 12.6 Å². The molecule has 0 fully saturated rings. The first-order valence-corrected chi connectivity index (χ1v) is 18.9. The second-order valence-corrected chi connectivity index (χ2v) is 14.9. The van der Waals surface area contributed by atoms with Crippen molar-refractivity contribution in [3.8, 4) is 11.5 Å². The first-order chi connectivity index (χ1) is 27.4. The highest BCUT2D eigenvalue weighted by Gasteiger charge is 2.53. The molecule has 318 valence electrons. The molecule has 1 aromatic carbocycles. The highest BCUT2D eigenvalue weighted by atomic mass is 16.7. The fraction of sp³-hybridized carbons (Fsp3) is 0.561. The van der Waals surface area contributed by atoms with Crippen molar-refractivity contribution < 1.29 is 63.0 Å². The highest BCUT2D eigenvalue weighted by molar-refractivity contribution is 6.29. The van der Waals surface area contributed by atoms with Gasteiger partial charge in [-0.15, -0.1) is 4.91 Å². The number of Topliss-reactive ketones (excluding diaryl/α,β-unsaturated/α-hetero) is 1. The van der Waals surface area contributed by atoms with Gasteiger partial charge in [0.25, 0.3) is 11.7 Å². The minimum absolute atomic E-state index is 0.00509. The largest absolute Gasteiger partial charge is 0.507 e. The predicted molar refractivity (Wildman–Crippen MR) is 209 cm³/mol. The van der Waals surface area contributed by atoms with Crippen molar-refractivity contribution in [2.45, 2.75) is 91.6 Å². The molecule has 1 unspecified atom stereocenters. The van der Waals surface area contributed by atoms with Crippen LogP contribution in [0.2, 0.25) is 0 Å². The van der Waals surface area contributed by atoms with Gasteiger partial charge in [0.05, 0.1) is 49.0 Å². The molecule has 1 aromatic rings. The monoisotopic (exact) mass is 813 g/mol. The lowest BCUT2D eigenvalue weighted by Crippen LogP contribution is -2.46. The first kappa shape index (κ1) is 45.8. The number of aromatic hydroxyl groups is 1. The maximum Gasteiger partial charge on any atom is 0.302 e. The SMILES string of the molecule is COCCOCON=C1C=C2NC(=O)C(C)=CC=C[C@H](C)[C@H](O)[C@@H](C)[C@@H](O)[C@@H](C)[C@H](OC(C)=O)[C@H](C)[C@@H](OC)C=CO[C@@]3(C)Oc4c(C)c(O)c(c1c4C3N=O)C2=O. The number of rotatable bonds is 9. The van der Waals surface area contributed by atoms with Gasteiger partial charge >= 0.3 is 5.97 Å². The Balaban J connectivity index is 1.90. The molecule has 0 spiro atoms. The van der Waals surface area contributed by atoms with Crippen molar-refractivity contribution in [3.63, 3.8) is 0 Å². The summed E-state index contributed by atoms with van der Waals surface area (Å²) in [6, 6.07) is -1.46. The van der Waals surface area contributed by atoms with Crippen LogP contribution < -0.4 is 10.1 Å². The Morgan fingerprint density at radius 3 is 2.34 bits per heavy atom. The van der Waals surface area contributed by atoms with Gasteiger partial charge in [0, 0.05) is 74.0 Å². The number of esters is 1. The molecule has 0 saturated carbocycles. The molecule has 1 amide bonds. The number of benzene rings is 1. The number of ketones is 1. The number of ether oxygens (including phenoxy) is 6. The number of allylic oxidation sites excluding steroid dienone is 4. The van der Waals surface area contributed by atoms with E-state index in [1.807, 2.05) is 0 Å². The van der Waals surface area contributed by atoms with E-state index in [0.29, 0.717) is 0 Å². The average Bonchev–Trinajstić information content (AvgIpc) is 3.49. The Bertz CT molecular complexity index is 1870. The molecule has 10 atom stereocenters. The number of fused-ring (bicyclic) bond motifs is 14. The Hall–Kier alpha value is -4.94. The summed E-state index contributed by atoms with van der Waals surface area (Å²) in [5.41, 5.74) is -0.324. The number of amides is 1. The van der Waals surface area contributed by atoms with Crippen LogP contribution in [0, 0.1) is 35.5 Å². The second kappa shape index (κ2) is 19.7. The van der Waals surface area contributed by atoms with Gasteiger partial charge in [-0.05, 0) is 26.0 Å². The van der Waals surface area contributed by atoms with E-state index in [-0.39, 0.29) is 65.0 Å². The fourth-order valence-corrected chi connectivity index (χ4v) is 7.34. The molecular weight excluding hydrogens is 758 g/mol. The van der Waals surface area contributed by atoms with Crippen molar-refractivity contribution in [1.29, 1.82) is 0 Å². The molecule has 17 nitrogen and oxygen atoms in total. The number of phenolic OH excluding ortho intramolecular Hbond substituents is 1. The summed E-state index contributed by atoms with van der Waals surface area (Å²) in [6.07, 6.45) is 4.85. The third-order valence-electron chi connectivity index (χ3n) is 10.8. The Labute approximate surface area is 337 Å². The van der Waals surface area contributed by atoms with Gasteiger partial charge in [-0.25, -0.2) is 0 Å². The van der Waals surface area contributed by atoms with Crippen LogP contribution in [0.5, 0.6) is 11.5 Å². The first-order valence-electron chi connectivity index (χ1n) is 18.9. The number of nitrogens with one attached hydrogen (secondary N) is 1. The molecule has 4 aliphatic rings. The van der Waals surface area contributed by atoms with Crippen molar-refractivity contribution >= 4 is 23.4 Å². The quantitative estimate of drug-likeness (QED) is 0.0890. The number of methoxy groups -OCH3 is 2. The van der Waals surface area contributed by atoms with E-state index in [1.165, 1.54) is 66.4 Å². The standard InChI is InChI=1S/C41H55N3O14/c1-20-12-11-13-21(2)40(50)42-28-18-27(44-56-19-54-17-16-52-9)30-31(36(28)49)35(48)25(6)38-32(30)39(43-51)41(8,58-38)55-15-14-29(53-10)22(3)37(57-26(7)45)24(5)34(47)23(4)33(20)46/h11-15,18,20,22-24,29,33-34,37,39,46-48H,16-17,19H2,1-10H3,(H,42,50)/t20-,22+,23+,24+,29-,33-,34+,37+,39?,41-/m0/s1. The maximum absolute atomic E-state index is 14.2. The van der Waals surface area contributed by atoms with Gasteiger partial charge in [0.1, 0.15) is 23.3 Å². The lowest BCUT2D eigenvalue weighted by atomic mass is 9.78. The summed E-state index contributed by atoms with van der Waals surface area (Å²) in [6.45, 7) is 12.7. The summed E-state index contributed by atoms with van der Waals surface area (Å²) in [5, 5.41) is 44.5. The molecule has 1 aliphatic carbocycles. The van der Waals surface area contributed by atoms with Crippen LogP contribution in [-0.2, 0) is 38.1 Å². The van der Waals surface area contributed by atoms with Crippen LogP contribution in [0.3, 0.4) is 0 Å². The van der Waals surface area contributed by atoms with Crippen LogP contribution in [0.15, 0.2) is 58.2 Å². The summed E-state index contributed by atoms with van der Waals surface area (Å²) in [5.74, 6) is -6.87. The molecule has 58 heavy (non-hydrogen) atoms. The minimum Gasteiger partial charge on any atom is -0.507 e. The topological polar surface area (TPSA) is 230 Å².